The molecular weight excluding hydrogens is 291 g/mol. The van der Waals surface area contributed by atoms with Crippen molar-refractivity contribution in [1.29, 1.82) is 0 Å². The summed E-state index contributed by atoms with van der Waals surface area (Å²) in [6.07, 6.45) is -5.97. The summed E-state index contributed by atoms with van der Waals surface area (Å²) in [5, 5.41) is 0. The summed E-state index contributed by atoms with van der Waals surface area (Å²) in [6.45, 7) is 1.72. The Hall–Kier alpha value is -1.31. The van der Waals surface area contributed by atoms with E-state index in [0.29, 0.717) is 0 Å². The molecule has 0 unspecified atom stereocenters. The molecule has 8 heteroatoms. The molecule has 1 aromatic rings. The predicted molar refractivity (Wildman–Crippen MR) is 58.5 cm³/mol. The van der Waals surface area contributed by atoms with Gasteiger partial charge in [0, 0.05) is 4.90 Å². The average molecular weight is 300 g/mol. The molecule has 0 aliphatic rings. The minimum Gasteiger partial charge on any atom is -0.291 e. The Labute approximate surface area is 108 Å². The van der Waals surface area contributed by atoms with Crippen molar-refractivity contribution >= 4 is 16.6 Å². The summed E-state index contributed by atoms with van der Waals surface area (Å²) >= 11 is 0. The molecule has 2 nitrogen and oxygen atoms in total. The van der Waals surface area contributed by atoms with E-state index in [0.717, 1.165) is 5.56 Å². The number of aryl methyl sites for hydroxylation is 1. The minimum atomic E-state index is -5.97. The number of benzene rings is 1. The van der Waals surface area contributed by atoms with Crippen LogP contribution in [-0.2, 0) is 15.6 Å². The second kappa shape index (κ2) is 5.36. The molecule has 0 saturated carbocycles. The van der Waals surface area contributed by atoms with Crippen molar-refractivity contribution in [3.8, 4) is 0 Å². The summed E-state index contributed by atoms with van der Waals surface area (Å²) in [7, 11) is -2.23. The Kier molecular flexibility index (Phi) is 4.44. The van der Waals surface area contributed by atoms with Crippen molar-refractivity contribution in [2.24, 2.45) is 0 Å². The summed E-state index contributed by atoms with van der Waals surface area (Å²) in [4.78, 5) is 10.9. The maximum Gasteiger partial charge on any atom is 0.461 e. The number of hydrogen-bond donors (Lipinski definition) is 0. The number of carbonyl (C=O) groups is 1. The molecule has 0 aliphatic carbocycles. The van der Waals surface area contributed by atoms with Crippen molar-refractivity contribution in [2.45, 2.75) is 23.9 Å². The highest BCUT2D eigenvalue weighted by molar-refractivity contribution is 7.85. The first kappa shape index (κ1) is 15.7. The molecule has 1 aromatic carbocycles. The van der Waals surface area contributed by atoms with Crippen molar-refractivity contribution in [3.05, 3.63) is 29.8 Å². The number of alkyl halides is 5. The lowest BCUT2D eigenvalue weighted by molar-refractivity contribution is -0.267. The normalized spacial score (nSPS) is 14.2. The van der Waals surface area contributed by atoms with Crippen LogP contribution in [0.2, 0.25) is 0 Å². The van der Waals surface area contributed by atoms with E-state index in [2.05, 4.69) is 0 Å². The van der Waals surface area contributed by atoms with Gasteiger partial charge in [-0.1, -0.05) is 17.7 Å². The predicted octanol–water partition coefficient (Wildman–Crippen LogP) is 2.87. The van der Waals surface area contributed by atoms with Crippen molar-refractivity contribution < 1.29 is 31.0 Å². The standard InChI is InChI=1S/C11H9F5O2S/c1-7-2-4-8(5-3-7)19(18)6-9(17)10(12,13)11(14,15)16/h2-5H,6H2,1H3/t19-/m1/s1. The minimum absolute atomic E-state index is 0.0249. The molecule has 1 atom stereocenters. The van der Waals surface area contributed by atoms with Crippen LogP contribution in [0, 0.1) is 6.92 Å². The number of halogens is 5. The number of carbonyl (C=O) groups excluding carboxylic acids is 1. The van der Waals surface area contributed by atoms with Gasteiger partial charge in [-0.05, 0) is 19.1 Å². The smallest absolute Gasteiger partial charge is 0.291 e. The summed E-state index contributed by atoms with van der Waals surface area (Å²) in [5.74, 6) is -9.26. The van der Waals surface area contributed by atoms with Crippen molar-refractivity contribution in [3.63, 3.8) is 0 Å². The fraction of sp³-hybridized carbons (Fsp3) is 0.364. The Balaban J connectivity index is 2.83. The Bertz CT molecular complexity index is 493. The lowest BCUT2D eigenvalue weighted by Crippen LogP contribution is -2.46. The fourth-order valence-electron chi connectivity index (χ4n) is 1.14. The molecule has 0 aliphatic heterocycles. The number of Topliss-reactive ketones (excluding diaryl/α,β-unsaturated/α-hetero) is 1. The highest BCUT2D eigenvalue weighted by atomic mass is 32.2. The topological polar surface area (TPSA) is 34.1 Å². The molecule has 0 N–H and O–H groups in total. The molecule has 19 heavy (non-hydrogen) atoms. The fourth-order valence-corrected chi connectivity index (χ4v) is 2.17. The van der Waals surface area contributed by atoms with Crippen LogP contribution in [0.4, 0.5) is 22.0 Å². The lowest BCUT2D eigenvalue weighted by Gasteiger charge is -2.17. The zero-order valence-corrected chi connectivity index (χ0v) is 10.4. The molecule has 0 aromatic heterocycles. The summed E-state index contributed by atoms with van der Waals surface area (Å²) in [6, 6.07) is 5.65. The molecule has 106 valence electrons. The van der Waals surface area contributed by atoms with Crippen LogP contribution in [0.1, 0.15) is 5.56 Å². The second-order valence-corrected chi connectivity index (χ2v) is 5.25. The van der Waals surface area contributed by atoms with Gasteiger partial charge in [0.1, 0.15) is 0 Å². The number of ketones is 1. The molecular formula is C11H9F5O2S. The third kappa shape index (κ3) is 3.59. The van der Waals surface area contributed by atoms with Gasteiger partial charge in [-0.2, -0.15) is 22.0 Å². The maximum absolute atomic E-state index is 12.7. The molecule has 1 rings (SSSR count). The molecule has 0 bridgehead atoms. The SMILES string of the molecule is Cc1ccc([S@](=O)CC(=O)C(F)(F)C(F)(F)F)cc1. The first-order valence-corrected chi connectivity index (χ1v) is 6.30. The molecule has 0 amide bonds. The maximum atomic E-state index is 12.7. The van der Waals surface area contributed by atoms with E-state index < -0.39 is 34.4 Å². The van der Waals surface area contributed by atoms with Crippen molar-refractivity contribution in [1.82, 2.24) is 0 Å². The van der Waals surface area contributed by atoms with Crippen LogP contribution in [0.3, 0.4) is 0 Å². The molecule has 0 heterocycles. The summed E-state index contributed by atoms with van der Waals surface area (Å²) in [5.41, 5.74) is 0.799. The van der Waals surface area contributed by atoms with Crippen LogP contribution in [-0.4, -0.2) is 27.8 Å². The largest absolute Gasteiger partial charge is 0.461 e. The zero-order chi connectivity index (χ0) is 14.8. The number of rotatable bonds is 4. The van der Waals surface area contributed by atoms with E-state index in [9.17, 15) is 31.0 Å². The molecule has 0 spiro atoms. The molecule has 0 radical (unpaired) electrons. The van der Waals surface area contributed by atoms with E-state index in [-0.39, 0.29) is 4.90 Å². The Morgan fingerprint density at radius 2 is 1.58 bits per heavy atom. The van der Waals surface area contributed by atoms with Crippen LogP contribution in [0.15, 0.2) is 29.2 Å². The van der Waals surface area contributed by atoms with Crippen molar-refractivity contribution in [2.75, 3.05) is 5.75 Å². The third-order valence-corrected chi connectivity index (χ3v) is 3.57. The monoisotopic (exact) mass is 300 g/mol. The second-order valence-electron chi connectivity index (χ2n) is 3.80. The van der Waals surface area contributed by atoms with Gasteiger partial charge in [-0.15, -0.1) is 0 Å². The Morgan fingerprint density at radius 3 is 2.00 bits per heavy atom. The van der Waals surface area contributed by atoms with Gasteiger partial charge in [-0.3, -0.25) is 9.00 Å². The van der Waals surface area contributed by atoms with Gasteiger partial charge in [-0.25, -0.2) is 0 Å². The highest BCUT2D eigenvalue weighted by Crippen LogP contribution is 2.36. The number of hydrogen-bond acceptors (Lipinski definition) is 2. The van der Waals surface area contributed by atoms with E-state index in [1.807, 2.05) is 0 Å². The average Bonchev–Trinajstić information content (AvgIpc) is 2.28. The van der Waals surface area contributed by atoms with Gasteiger partial charge in [0.05, 0.1) is 16.6 Å². The van der Waals surface area contributed by atoms with E-state index in [1.165, 1.54) is 24.3 Å². The molecule has 0 fully saturated rings. The summed E-state index contributed by atoms with van der Waals surface area (Å²) < 4.78 is 72.6. The van der Waals surface area contributed by atoms with Crippen LogP contribution in [0.5, 0.6) is 0 Å². The van der Waals surface area contributed by atoms with Gasteiger partial charge in [0.2, 0.25) is 5.78 Å². The van der Waals surface area contributed by atoms with Crippen LogP contribution < -0.4 is 0 Å². The van der Waals surface area contributed by atoms with Gasteiger partial charge < -0.3 is 0 Å². The third-order valence-electron chi connectivity index (χ3n) is 2.25. The van der Waals surface area contributed by atoms with E-state index >= 15 is 0 Å². The van der Waals surface area contributed by atoms with E-state index in [1.54, 1.807) is 6.92 Å². The molecule has 0 saturated heterocycles. The zero-order valence-electron chi connectivity index (χ0n) is 9.63. The van der Waals surface area contributed by atoms with Gasteiger partial charge >= 0.3 is 12.1 Å². The lowest BCUT2D eigenvalue weighted by atomic mass is 10.2. The van der Waals surface area contributed by atoms with Crippen LogP contribution in [0.25, 0.3) is 0 Å². The quantitative estimate of drug-likeness (QED) is 0.801. The van der Waals surface area contributed by atoms with E-state index in [4.69, 9.17) is 0 Å². The van der Waals surface area contributed by atoms with Gasteiger partial charge in [0.25, 0.3) is 0 Å². The van der Waals surface area contributed by atoms with Gasteiger partial charge in [0.15, 0.2) is 0 Å². The first-order chi connectivity index (χ1) is 8.55. The highest BCUT2D eigenvalue weighted by Gasteiger charge is 2.62. The van der Waals surface area contributed by atoms with Crippen LogP contribution >= 0.6 is 0 Å². The Morgan fingerprint density at radius 1 is 1.11 bits per heavy atom. The first-order valence-electron chi connectivity index (χ1n) is 4.98.